The third-order valence-electron chi connectivity index (χ3n) is 4.55. The van der Waals surface area contributed by atoms with Crippen molar-refractivity contribution in [2.24, 2.45) is 9.98 Å². The Balaban J connectivity index is 2.11. The minimum atomic E-state index is -0.642. The molecule has 0 atom stereocenters. The van der Waals surface area contributed by atoms with Gasteiger partial charge in [0, 0.05) is 5.56 Å². The quantitative estimate of drug-likeness (QED) is 0.448. The molecule has 3 rings (SSSR count). The molecule has 0 aliphatic heterocycles. The first-order chi connectivity index (χ1) is 15.1. The summed E-state index contributed by atoms with van der Waals surface area (Å²) in [6.45, 7) is 4.69. The summed E-state index contributed by atoms with van der Waals surface area (Å²) in [5.41, 5.74) is 2.10. The topological polar surface area (TPSA) is 92.2 Å². The van der Waals surface area contributed by atoms with Crippen LogP contribution in [0.5, 0.6) is 5.75 Å². The lowest BCUT2D eigenvalue weighted by molar-refractivity contribution is 0.154. The fourth-order valence-corrected chi connectivity index (χ4v) is 2.99. The van der Waals surface area contributed by atoms with Gasteiger partial charge in [-0.3, -0.25) is 0 Å². The van der Waals surface area contributed by atoms with Crippen molar-refractivity contribution in [3.63, 3.8) is 0 Å². The van der Waals surface area contributed by atoms with E-state index in [0.29, 0.717) is 28.4 Å². The predicted molar refractivity (Wildman–Crippen MR) is 119 cm³/mol. The monoisotopic (exact) mass is 422 g/mol. The normalized spacial score (nSPS) is 12.3. The molecule has 1 aromatic heterocycles. The summed E-state index contributed by atoms with van der Waals surface area (Å²) in [5.74, 6) is 0.173. The molecule has 0 radical (unpaired) electrons. The summed E-state index contributed by atoms with van der Waals surface area (Å²) in [5, 5.41) is 19.5. The van der Waals surface area contributed by atoms with Crippen molar-refractivity contribution in [3.05, 3.63) is 78.5 Å². The zero-order chi connectivity index (χ0) is 22.2. The molecule has 3 aromatic rings. The SMILES string of the molecule is C=N/C(=N\C(=C/C)c1c(-c2ccc(F)cc2)ncn1C(CO)CO)Oc1ccccc1. The lowest BCUT2D eigenvalue weighted by Crippen LogP contribution is -2.19. The van der Waals surface area contributed by atoms with Crippen molar-refractivity contribution in [2.75, 3.05) is 13.2 Å². The average molecular weight is 422 g/mol. The van der Waals surface area contributed by atoms with Gasteiger partial charge in [-0.2, -0.15) is 4.99 Å². The minimum Gasteiger partial charge on any atom is -0.424 e. The van der Waals surface area contributed by atoms with Crippen molar-refractivity contribution in [2.45, 2.75) is 13.0 Å². The number of ether oxygens (including phenoxy) is 1. The second-order valence-electron chi connectivity index (χ2n) is 6.52. The highest BCUT2D eigenvalue weighted by atomic mass is 19.1. The number of halogens is 1. The van der Waals surface area contributed by atoms with E-state index in [1.54, 1.807) is 41.8 Å². The van der Waals surface area contributed by atoms with Gasteiger partial charge in [-0.05, 0) is 50.0 Å². The Morgan fingerprint density at radius 3 is 2.42 bits per heavy atom. The average Bonchev–Trinajstić information content (AvgIpc) is 3.23. The molecule has 0 aliphatic carbocycles. The van der Waals surface area contributed by atoms with Gasteiger partial charge in [-0.25, -0.2) is 14.4 Å². The lowest BCUT2D eigenvalue weighted by atomic mass is 10.1. The van der Waals surface area contributed by atoms with Crippen LogP contribution in [0.1, 0.15) is 18.7 Å². The number of allylic oxidation sites excluding steroid dienone is 1. The fraction of sp³-hybridized carbons (Fsp3) is 0.174. The predicted octanol–water partition coefficient (Wildman–Crippen LogP) is 3.71. The zero-order valence-corrected chi connectivity index (χ0v) is 17.0. The number of nitrogens with zero attached hydrogens (tertiary/aromatic N) is 4. The molecule has 0 unspecified atom stereocenters. The first kappa shape index (κ1) is 22.1. The van der Waals surface area contributed by atoms with E-state index in [0.717, 1.165) is 0 Å². The van der Waals surface area contributed by atoms with Gasteiger partial charge in [0.25, 0.3) is 0 Å². The molecule has 8 heteroatoms. The summed E-state index contributed by atoms with van der Waals surface area (Å²) in [6.07, 6.45) is 3.23. The maximum Gasteiger partial charge on any atom is 0.321 e. The Morgan fingerprint density at radius 2 is 1.84 bits per heavy atom. The number of aliphatic imine (C=N–C) groups is 2. The van der Waals surface area contributed by atoms with Gasteiger partial charge in [-0.1, -0.05) is 24.3 Å². The van der Waals surface area contributed by atoms with E-state index in [4.69, 9.17) is 4.74 Å². The first-order valence-electron chi connectivity index (χ1n) is 9.60. The van der Waals surface area contributed by atoms with Gasteiger partial charge in [0.2, 0.25) is 0 Å². The maximum atomic E-state index is 13.4. The van der Waals surface area contributed by atoms with Crippen molar-refractivity contribution in [3.8, 4) is 17.0 Å². The number of rotatable bonds is 7. The van der Waals surface area contributed by atoms with Gasteiger partial charge >= 0.3 is 6.02 Å². The van der Waals surface area contributed by atoms with Gasteiger partial charge in [0.1, 0.15) is 11.6 Å². The number of aromatic nitrogens is 2. The van der Waals surface area contributed by atoms with Crippen LogP contribution in [0.2, 0.25) is 0 Å². The van der Waals surface area contributed by atoms with Crippen LogP contribution in [-0.4, -0.2) is 45.7 Å². The molecule has 0 fully saturated rings. The van der Waals surface area contributed by atoms with E-state index >= 15 is 0 Å². The Morgan fingerprint density at radius 1 is 1.16 bits per heavy atom. The van der Waals surface area contributed by atoms with Crippen LogP contribution in [0.15, 0.2) is 77.0 Å². The van der Waals surface area contributed by atoms with E-state index < -0.39 is 6.04 Å². The van der Waals surface area contributed by atoms with Crippen LogP contribution in [0.3, 0.4) is 0 Å². The minimum absolute atomic E-state index is 0.0154. The highest BCUT2D eigenvalue weighted by Crippen LogP contribution is 2.31. The molecule has 7 nitrogen and oxygen atoms in total. The summed E-state index contributed by atoms with van der Waals surface area (Å²) in [7, 11) is 0. The number of imidazole rings is 1. The van der Waals surface area contributed by atoms with Crippen LogP contribution in [0.4, 0.5) is 4.39 Å². The number of aliphatic hydroxyl groups is 2. The molecule has 1 heterocycles. The third kappa shape index (κ3) is 5.11. The molecule has 2 aromatic carbocycles. The van der Waals surface area contributed by atoms with Gasteiger partial charge in [-0.15, -0.1) is 0 Å². The standard InChI is InChI=1S/C23H23FN4O3/c1-3-20(27-23(25-2)31-19-7-5-4-6-8-19)22-21(16-9-11-17(24)12-10-16)26-15-28(22)18(13-29)14-30/h3-12,15,18,29-30H,2,13-14H2,1H3/b20-3-,27-23+. The smallest absolute Gasteiger partial charge is 0.321 e. The summed E-state index contributed by atoms with van der Waals surface area (Å²) in [6, 6.07) is 14.3. The molecule has 31 heavy (non-hydrogen) atoms. The lowest BCUT2D eigenvalue weighted by Gasteiger charge is -2.18. The Kier molecular flexibility index (Phi) is 7.42. The summed E-state index contributed by atoms with van der Waals surface area (Å²) >= 11 is 0. The number of benzene rings is 2. The molecule has 0 amide bonds. The number of para-hydroxylation sites is 1. The summed E-state index contributed by atoms with van der Waals surface area (Å²) < 4.78 is 20.8. The van der Waals surface area contributed by atoms with Crippen LogP contribution >= 0.6 is 0 Å². The molecule has 0 bridgehead atoms. The molecular formula is C23H23FN4O3. The number of hydrogen-bond acceptors (Lipinski definition) is 5. The molecule has 0 saturated heterocycles. The zero-order valence-electron chi connectivity index (χ0n) is 17.0. The van der Waals surface area contributed by atoms with E-state index in [1.165, 1.54) is 18.5 Å². The van der Waals surface area contributed by atoms with Crippen LogP contribution < -0.4 is 4.74 Å². The second kappa shape index (κ2) is 10.4. The third-order valence-corrected chi connectivity index (χ3v) is 4.55. The van der Waals surface area contributed by atoms with Crippen LogP contribution in [0, 0.1) is 5.82 Å². The molecule has 0 aliphatic rings. The van der Waals surface area contributed by atoms with E-state index in [-0.39, 0.29) is 25.1 Å². The van der Waals surface area contributed by atoms with Crippen molar-refractivity contribution in [1.82, 2.24) is 9.55 Å². The number of aliphatic hydroxyl groups excluding tert-OH is 2. The van der Waals surface area contributed by atoms with Gasteiger partial charge < -0.3 is 19.5 Å². The Bertz CT molecular complexity index is 1070. The van der Waals surface area contributed by atoms with E-state index in [1.807, 2.05) is 18.2 Å². The van der Waals surface area contributed by atoms with E-state index in [9.17, 15) is 14.6 Å². The van der Waals surface area contributed by atoms with Crippen LogP contribution in [0.25, 0.3) is 17.0 Å². The first-order valence-corrected chi connectivity index (χ1v) is 9.60. The Hall–Kier alpha value is -3.62. The van der Waals surface area contributed by atoms with Gasteiger partial charge in [0.15, 0.2) is 0 Å². The highest BCUT2D eigenvalue weighted by molar-refractivity contribution is 5.88. The molecule has 0 spiro atoms. The Labute approximate surface area is 179 Å². The summed E-state index contributed by atoms with van der Waals surface area (Å²) in [4.78, 5) is 12.8. The molecule has 160 valence electrons. The highest BCUT2D eigenvalue weighted by Gasteiger charge is 2.22. The molecule has 2 N–H and O–H groups in total. The van der Waals surface area contributed by atoms with Crippen molar-refractivity contribution >= 4 is 18.4 Å². The van der Waals surface area contributed by atoms with Crippen molar-refractivity contribution < 1.29 is 19.3 Å². The largest absolute Gasteiger partial charge is 0.424 e. The van der Waals surface area contributed by atoms with Gasteiger partial charge in [0.05, 0.1) is 42.7 Å². The van der Waals surface area contributed by atoms with Crippen molar-refractivity contribution in [1.29, 1.82) is 0 Å². The molecule has 0 saturated carbocycles. The fourth-order valence-electron chi connectivity index (χ4n) is 2.99. The molecular weight excluding hydrogens is 399 g/mol. The van der Waals surface area contributed by atoms with Crippen LogP contribution in [-0.2, 0) is 0 Å². The van der Waals surface area contributed by atoms with E-state index in [2.05, 4.69) is 21.7 Å². The number of amidine groups is 1. The maximum absolute atomic E-state index is 13.4. The number of hydrogen-bond donors (Lipinski definition) is 2. The second-order valence-corrected chi connectivity index (χ2v) is 6.52.